The highest BCUT2D eigenvalue weighted by Crippen LogP contribution is 2.37. The second-order valence-electron chi connectivity index (χ2n) is 6.20. The quantitative estimate of drug-likeness (QED) is 0.820. The minimum absolute atomic E-state index is 0.0127. The Hall–Kier alpha value is -2.85. The summed E-state index contributed by atoms with van der Waals surface area (Å²) in [6.07, 6.45) is 1.72. The van der Waals surface area contributed by atoms with Crippen molar-refractivity contribution in [2.75, 3.05) is 11.4 Å². The number of hydrogen-bond acceptors (Lipinski definition) is 4. The molecule has 2 aromatic rings. The lowest BCUT2D eigenvalue weighted by atomic mass is 10.2. The number of fused-ring (bicyclic) bond motifs is 1. The second kappa shape index (κ2) is 6.46. The van der Waals surface area contributed by atoms with Gasteiger partial charge in [-0.2, -0.15) is 5.26 Å². The molecule has 0 aromatic heterocycles. The zero-order chi connectivity index (χ0) is 18.3. The molecule has 2 saturated heterocycles. The Morgan fingerprint density at radius 2 is 2.08 bits per heavy atom. The number of aromatic hydroxyl groups is 1. The molecule has 2 heterocycles. The molecular weight excluding hydrogens is 396 g/mol. The summed E-state index contributed by atoms with van der Waals surface area (Å²) < 4.78 is 0.797. The van der Waals surface area contributed by atoms with Gasteiger partial charge >= 0.3 is 0 Å². The van der Waals surface area contributed by atoms with Gasteiger partial charge in [-0.15, -0.1) is 0 Å². The number of rotatable bonds is 2. The van der Waals surface area contributed by atoms with E-state index in [-0.39, 0.29) is 17.7 Å². The Bertz CT molecular complexity index is 966. The highest BCUT2D eigenvalue weighted by Gasteiger charge is 2.47. The van der Waals surface area contributed by atoms with Gasteiger partial charge in [-0.05, 0) is 59.1 Å². The zero-order valence-corrected chi connectivity index (χ0v) is 15.3. The van der Waals surface area contributed by atoms with E-state index in [1.807, 2.05) is 35.2 Å². The first-order valence-corrected chi connectivity index (χ1v) is 9.06. The molecule has 0 radical (unpaired) electrons. The van der Waals surface area contributed by atoms with Crippen LogP contribution in [0.1, 0.15) is 18.4 Å². The number of amides is 1. The number of anilines is 1. The number of halogens is 1. The molecule has 0 spiro atoms. The van der Waals surface area contributed by atoms with Crippen LogP contribution in [0.3, 0.4) is 0 Å². The Kier molecular flexibility index (Phi) is 4.13. The van der Waals surface area contributed by atoms with Crippen LogP contribution in [0.4, 0.5) is 11.4 Å². The van der Waals surface area contributed by atoms with Crippen molar-refractivity contribution in [3.63, 3.8) is 0 Å². The number of benzene rings is 2. The Labute approximate surface area is 159 Å². The van der Waals surface area contributed by atoms with Crippen molar-refractivity contribution in [3.05, 3.63) is 52.5 Å². The Morgan fingerprint density at radius 3 is 2.81 bits per heavy atom. The minimum atomic E-state index is -0.221. The summed E-state index contributed by atoms with van der Waals surface area (Å²) in [5.41, 5.74) is 1.41. The molecule has 6 nitrogen and oxygen atoms in total. The summed E-state index contributed by atoms with van der Waals surface area (Å²) >= 11 is 3.51. The maximum atomic E-state index is 13.0. The van der Waals surface area contributed by atoms with E-state index < -0.39 is 0 Å². The van der Waals surface area contributed by atoms with E-state index in [9.17, 15) is 9.90 Å². The lowest BCUT2D eigenvalue weighted by Gasteiger charge is -2.21. The molecule has 1 N–H and O–H groups in total. The summed E-state index contributed by atoms with van der Waals surface area (Å²) in [7, 11) is 0. The molecule has 2 fully saturated rings. The lowest BCUT2D eigenvalue weighted by Crippen LogP contribution is -2.34. The molecule has 0 aliphatic carbocycles. The molecular formula is C19H15BrN4O2. The van der Waals surface area contributed by atoms with Gasteiger partial charge < -0.3 is 10.0 Å². The lowest BCUT2D eigenvalue weighted by molar-refractivity contribution is -0.119. The van der Waals surface area contributed by atoms with E-state index in [0.29, 0.717) is 17.2 Å². The van der Waals surface area contributed by atoms with E-state index >= 15 is 0 Å². The number of nitriles is 1. The largest absolute Gasteiger partial charge is 0.506 e. The van der Waals surface area contributed by atoms with Crippen LogP contribution in [0.25, 0.3) is 0 Å². The summed E-state index contributed by atoms with van der Waals surface area (Å²) in [4.78, 5) is 21.2. The van der Waals surface area contributed by atoms with Crippen LogP contribution in [0, 0.1) is 11.3 Å². The number of phenolic OH excluding ortho intramolecular Hbond substituents is 1. The van der Waals surface area contributed by atoms with Gasteiger partial charge in [0, 0.05) is 11.0 Å². The van der Waals surface area contributed by atoms with Gasteiger partial charge in [0.2, 0.25) is 5.96 Å². The van der Waals surface area contributed by atoms with Gasteiger partial charge in [0.15, 0.2) is 0 Å². The van der Waals surface area contributed by atoms with Crippen LogP contribution in [-0.2, 0) is 4.79 Å². The first-order chi connectivity index (χ1) is 12.6. The molecule has 2 aromatic carbocycles. The summed E-state index contributed by atoms with van der Waals surface area (Å²) in [5.74, 6) is 0.407. The van der Waals surface area contributed by atoms with E-state index in [0.717, 1.165) is 29.5 Å². The monoisotopic (exact) mass is 410 g/mol. The van der Waals surface area contributed by atoms with Crippen LogP contribution in [0.2, 0.25) is 0 Å². The number of carbonyl (C=O) groups excluding carboxylic acids is 1. The van der Waals surface area contributed by atoms with Crippen LogP contribution in [0.15, 0.2) is 51.9 Å². The number of aliphatic imine (C=N–C) groups is 1. The van der Waals surface area contributed by atoms with Crippen LogP contribution >= 0.6 is 15.9 Å². The van der Waals surface area contributed by atoms with Crippen LogP contribution in [-0.4, -0.2) is 34.5 Å². The molecule has 7 heteroatoms. The molecule has 1 unspecified atom stereocenters. The van der Waals surface area contributed by atoms with Gasteiger partial charge in [-0.25, -0.2) is 9.89 Å². The van der Waals surface area contributed by atoms with E-state index in [4.69, 9.17) is 5.26 Å². The molecule has 4 rings (SSSR count). The van der Waals surface area contributed by atoms with Crippen LogP contribution in [0.5, 0.6) is 5.75 Å². The standard InChI is InChI=1S/C19H15BrN4O2/c20-13-4-1-2-5-15(13)24-18(26)16-6-3-9-23(16)19(24)22-14-8-7-12(11-21)10-17(14)25/h1-2,4-5,7-8,10,16,25H,3,6,9H2. The summed E-state index contributed by atoms with van der Waals surface area (Å²) in [6, 6.07) is 13.8. The number of hydrogen-bond donors (Lipinski definition) is 1. The smallest absolute Gasteiger partial charge is 0.256 e. The third-order valence-corrected chi connectivity index (χ3v) is 5.30. The van der Waals surface area contributed by atoms with Crippen molar-refractivity contribution >= 4 is 39.2 Å². The number of nitrogens with zero attached hydrogens (tertiary/aromatic N) is 4. The highest BCUT2D eigenvalue weighted by atomic mass is 79.9. The average Bonchev–Trinajstić information content (AvgIpc) is 3.21. The van der Waals surface area contributed by atoms with E-state index in [1.54, 1.807) is 17.0 Å². The normalized spacial score (nSPS) is 20.5. The van der Waals surface area contributed by atoms with E-state index in [1.165, 1.54) is 6.07 Å². The van der Waals surface area contributed by atoms with Gasteiger partial charge in [0.05, 0.1) is 17.3 Å². The number of carbonyl (C=O) groups is 1. The average molecular weight is 411 g/mol. The first-order valence-electron chi connectivity index (χ1n) is 8.27. The fourth-order valence-electron chi connectivity index (χ4n) is 3.41. The Morgan fingerprint density at radius 1 is 1.27 bits per heavy atom. The predicted molar refractivity (Wildman–Crippen MR) is 101 cm³/mol. The number of para-hydroxylation sites is 1. The molecule has 1 amide bonds. The summed E-state index contributed by atoms with van der Waals surface area (Å²) in [6.45, 7) is 0.743. The van der Waals surface area contributed by atoms with Gasteiger partial charge in [0.25, 0.3) is 5.91 Å². The molecule has 130 valence electrons. The third-order valence-electron chi connectivity index (χ3n) is 4.63. The topological polar surface area (TPSA) is 79.9 Å². The summed E-state index contributed by atoms with van der Waals surface area (Å²) in [5, 5.41) is 19.2. The SMILES string of the molecule is N#Cc1ccc(N=C2N(c3ccccc3Br)C(=O)C3CCCN23)c(O)c1. The molecule has 0 bridgehead atoms. The maximum absolute atomic E-state index is 13.0. The fourth-order valence-corrected chi connectivity index (χ4v) is 3.87. The number of phenols is 1. The predicted octanol–water partition coefficient (Wildman–Crippen LogP) is 3.53. The van der Waals surface area contributed by atoms with Crippen molar-refractivity contribution in [1.82, 2.24) is 4.90 Å². The molecule has 26 heavy (non-hydrogen) atoms. The van der Waals surface area contributed by atoms with Gasteiger partial charge in [0.1, 0.15) is 17.5 Å². The Balaban J connectivity index is 1.84. The van der Waals surface area contributed by atoms with Crippen molar-refractivity contribution in [2.24, 2.45) is 4.99 Å². The molecule has 1 atom stereocenters. The van der Waals surface area contributed by atoms with Crippen molar-refractivity contribution in [3.8, 4) is 11.8 Å². The van der Waals surface area contributed by atoms with Crippen LogP contribution < -0.4 is 4.90 Å². The molecule has 2 aliphatic rings. The highest BCUT2D eigenvalue weighted by molar-refractivity contribution is 9.10. The third kappa shape index (κ3) is 2.63. The van der Waals surface area contributed by atoms with Gasteiger partial charge in [-0.3, -0.25) is 4.79 Å². The van der Waals surface area contributed by atoms with Crippen molar-refractivity contribution in [1.29, 1.82) is 5.26 Å². The minimum Gasteiger partial charge on any atom is -0.506 e. The second-order valence-corrected chi connectivity index (χ2v) is 7.06. The number of guanidine groups is 1. The molecule has 2 aliphatic heterocycles. The fraction of sp³-hybridized carbons (Fsp3) is 0.211. The maximum Gasteiger partial charge on any atom is 0.256 e. The zero-order valence-electron chi connectivity index (χ0n) is 13.8. The molecule has 0 saturated carbocycles. The first kappa shape index (κ1) is 16.6. The van der Waals surface area contributed by atoms with Gasteiger partial charge in [-0.1, -0.05) is 12.1 Å². The van der Waals surface area contributed by atoms with E-state index in [2.05, 4.69) is 20.9 Å². The van der Waals surface area contributed by atoms with Crippen molar-refractivity contribution < 1.29 is 9.90 Å². The van der Waals surface area contributed by atoms with Crippen molar-refractivity contribution in [2.45, 2.75) is 18.9 Å².